The van der Waals surface area contributed by atoms with Crippen LogP contribution in [0.3, 0.4) is 0 Å². The van der Waals surface area contributed by atoms with Crippen molar-refractivity contribution in [1.82, 2.24) is 4.98 Å². The van der Waals surface area contributed by atoms with E-state index >= 15 is 0 Å². The van der Waals surface area contributed by atoms with E-state index < -0.39 is 0 Å². The van der Waals surface area contributed by atoms with Crippen molar-refractivity contribution in [3.63, 3.8) is 0 Å². The molecular weight excluding hydrogens is 158 g/mol. The Bertz CT molecular complexity index is 347. The normalized spacial score (nSPS) is 16.4. The van der Waals surface area contributed by atoms with E-state index in [0.29, 0.717) is 0 Å². The maximum Gasteiger partial charge on any atom is 0.0661 e. The molecule has 0 spiro atoms. The molecule has 0 atom stereocenters. The fourth-order valence-corrected chi connectivity index (χ4v) is 1.51. The smallest absolute Gasteiger partial charge is 0.0661 e. The van der Waals surface area contributed by atoms with Gasteiger partial charge in [0.1, 0.15) is 0 Å². The van der Waals surface area contributed by atoms with Crippen LogP contribution in [0.5, 0.6) is 0 Å². The minimum Gasteiger partial charge on any atom is -0.257 e. The van der Waals surface area contributed by atoms with Gasteiger partial charge in [0.15, 0.2) is 0 Å². The number of nitrogens with zero attached hydrogens (tertiary/aromatic N) is 1. The molecule has 1 aromatic heterocycles. The third kappa shape index (κ3) is 1.86. The molecule has 0 aliphatic heterocycles. The molecular formula is C12H13N. The number of hydrogen-bond donors (Lipinski definition) is 0. The third-order valence-electron chi connectivity index (χ3n) is 2.35. The van der Waals surface area contributed by atoms with Gasteiger partial charge < -0.3 is 0 Å². The fraction of sp³-hybridized carbons (Fsp3) is 0.250. The van der Waals surface area contributed by atoms with Crippen molar-refractivity contribution in [2.45, 2.75) is 19.8 Å². The lowest BCUT2D eigenvalue weighted by Crippen LogP contribution is -1.93. The van der Waals surface area contributed by atoms with Crippen molar-refractivity contribution in [1.29, 1.82) is 0 Å². The zero-order chi connectivity index (χ0) is 9.10. The number of allylic oxidation sites excluding steroid dienone is 4. The second-order valence-corrected chi connectivity index (χ2v) is 3.42. The molecule has 2 rings (SSSR count). The molecule has 0 N–H and O–H groups in total. The Kier molecular flexibility index (Phi) is 2.26. The predicted molar refractivity (Wildman–Crippen MR) is 55.2 cm³/mol. The average molecular weight is 171 g/mol. The predicted octanol–water partition coefficient (Wildman–Crippen LogP) is 3.21. The molecule has 0 aromatic carbocycles. The van der Waals surface area contributed by atoms with Crippen molar-refractivity contribution in [3.8, 4) is 0 Å². The Hall–Kier alpha value is -1.37. The maximum atomic E-state index is 4.33. The lowest BCUT2D eigenvalue weighted by Gasteiger charge is -2.10. The van der Waals surface area contributed by atoms with Crippen LogP contribution in [0.1, 0.15) is 25.5 Å². The molecule has 0 bridgehead atoms. The quantitative estimate of drug-likeness (QED) is 0.632. The molecule has 0 fully saturated rings. The van der Waals surface area contributed by atoms with Gasteiger partial charge in [-0.05, 0) is 37.5 Å². The Morgan fingerprint density at radius 1 is 1.15 bits per heavy atom. The van der Waals surface area contributed by atoms with E-state index in [2.05, 4.69) is 30.1 Å². The number of rotatable bonds is 1. The largest absolute Gasteiger partial charge is 0.257 e. The monoisotopic (exact) mass is 171 g/mol. The van der Waals surface area contributed by atoms with Crippen LogP contribution < -0.4 is 0 Å². The first-order valence-electron chi connectivity index (χ1n) is 4.64. The molecule has 0 unspecified atom stereocenters. The molecule has 13 heavy (non-hydrogen) atoms. The Morgan fingerprint density at radius 3 is 2.69 bits per heavy atom. The van der Waals surface area contributed by atoms with Crippen LogP contribution in [0.15, 0.2) is 42.1 Å². The third-order valence-corrected chi connectivity index (χ3v) is 2.35. The molecule has 0 saturated carbocycles. The number of aromatic nitrogens is 1. The van der Waals surface area contributed by atoms with Crippen LogP contribution in [0.4, 0.5) is 0 Å². The summed E-state index contributed by atoms with van der Waals surface area (Å²) in [5.74, 6) is 0. The van der Waals surface area contributed by atoms with Crippen molar-refractivity contribution < 1.29 is 0 Å². The first-order valence-corrected chi connectivity index (χ1v) is 4.64. The van der Waals surface area contributed by atoms with Gasteiger partial charge in [-0.3, -0.25) is 4.98 Å². The van der Waals surface area contributed by atoms with Crippen molar-refractivity contribution in [2.24, 2.45) is 0 Å². The molecule has 0 amide bonds. The van der Waals surface area contributed by atoms with E-state index in [0.717, 1.165) is 12.1 Å². The summed E-state index contributed by atoms with van der Waals surface area (Å²) in [4.78, 5) is 4.33. The van der Waals surface area contributed by atoms with Crippen molar-refractivity contribution in [3.05, 3.63) is 47.8 Å². The summed E-state index contributed by atoms with van der Waals surface area (Å²) in [7, 11) is 0. The van der Waals surface area contributed by atoms with Crippen LogP contribution >= 0.6 is 0 Å². The minimum atomic E-state index is 1.12. The molecule has 1 aromatic rings. The molecule has 1 heteroatoms. The Labute approximate surface area is 78.8 Å². The van der Waals surface area contributed by atoms with Gasteiger partial charge in [0.2, 0.25) is 0 Å². The summed E-state index contributed by atoms with van der Waals surface area (Å²) in [6.07, 6.45) is 8.51. The van der Waals surface area contributed by atoms with E-state index in [1.807, 2.05) is 18.3 Å². The average Bonchev–Trinajstić information content (AvgIpc) is 2.20. The van der Waals surface area contributed by atoms with Crippen LogP contribution in [-0.2, 0) is 0 Å². The summed E-state index contributed by atoms with van der Waals surface area (Å²) in [6.45, 7) is 2.17. The summed E-state index contributed by atoms with van der Waals surface area (Å²) in [5.41, 5.74) is 3.93. The highest BCUT2D eigenvalue weighted by atomic mass is 14.7. The van der Waals surface area contributed by atoms with Crippen molar-refractivity contribution in [2.75, 3.05) is 0 Å². The van der Waals surface area contributed by atoms with Gasteiger partial charge in [-0.25, -0.2) is 0 Å². The van der Waals surface area contributed by atoms with Crippen LogP contribution in [0.25, 0.3) is 5.57 Å². The van der Waals surface area contributed by atoms with Gasteiger partial charge in [0.05, 0.1) is 5.69 Å². The number of hydrogen-bond acceptors (Lipinski definition) is 1. The fourth-order valence-electron chi connectivity index (χ4n) is 1.51. The highest BCUT2D eigenvalue weighted by Crippen LogP contribution is 2.24. The zero-order valence-electron chi connectivity index (χ0n) is 7.83. The van der Waals surface area contributed by atoms with E-state index in [1.165, 1.54) is 17.6 Å². The zero-order valence-corrected chi connectivity index (χ0v) is 7.83. The van der Waals surface area contributed by atoms with E-state index in [9.17, 15) is 0 Å². The van der Waals surface area contributed by atoms with Gasteiger partial charge in [-0.1, -0.05) is 23.8 Å². The maximum absolute atomic E-state index is 4.33. The first kappa shape index (κ1) is 8.24. The summed E-state index contributed by atoms with van der Waals surface area (Å²) < 4.78 is 0. The van der Waals surface area contributed by atoms with Gasteiger partial charge in [0, 0.05) is 6.20 Å². The Balaban J connectivity index is 2.29. The van der Waals surface area contributed by atoms with Crippen LogP contribution in [0, 0.1) is 0 Å². The molecule has 0 radical (unpaired) electrons. The molecule has 1 aliphatic rings. The van der Waals surface area contributed by atoms with Crippen LogP contribution in [0.2, 0.25) is 0 Å². The highest BCUT2D eigenvalue weighted by molar-refractivity contribution is 5.65. The summed E-state index contributed by atoms with van der Waals surface area (Å²) in [6, 6.07) is 6.06. The second-order valence-electron chi connectivity index (χ2n) is 3.42. The second kappa shape index (κ2) is 3.56. The standard InChI is InChI=1S/C12H13N/c1-10-5-7-11(8-6-10)12-4-2-3-9-13-12/h2-5,7,9H,6,8H2,1H3. The summed E-state index contributed by atoms with van der Waals surface area (Å²) in [5, 5.41) is 0. The van der Waals surface area contributed by atoms with Gasteiger partial charge in [-0.15, -0.1) is 0 Å². The molecule has 1 nitrogen and oxygen atoms in total. The molecule has 66 valence electrons. The SMILES string of the molecule is CC1=CC=C(c2ccccn2)CC1. The Morgan fingerprint density at radius 2 is 2.08 bits per heavy atom. The van der Waals surface area contributed by atoms with Crippen LogP contribution in [-0.4, -0.2) is 4.98 Å². The van der Waals surface area contributed by atoms with Crippen molar-refractivity contribution >= 4 is 5.57 Å². The van der Waals surface area contributed by atoms with E-state index in [4.69, 9.17) is 0 Å². The van der Waals surface area contributed by atoms with E-state index in [-0.39, 0.29) is 0 Å². The number of pyridine rings is 1. The molecule has 1 heterocycles. The molecule has 1 aliphatic carbocycles. The van der Waals surface area contributed by atoms with Gasteiger partial charge >= 0.3 is 0 Å². The lowest BCUT2D eigenvalue weighted by atomic mass is 9.97. The minimum absolute atomic E-state index is 1.12. The first-order chi connectivity index (χ1) is 6.36. The highest BCUT2D eigenvalue weighted by Gasteiger charge is 2.05. The summed E-state index contributed by atoms with van der Waals surface area (Å²) >= 11 is 0. The van der Waals surface area contributed by atoms with Gasteiger partial charge in [-0.2, -0.15) is 0 Å². The molecule has 0 saturated heterocycles. The topological polar surface area (TPSA) is 12.9 Å². The van der Waals surface area contributed by atoms with E-state index in [1.54, 1.807) is 0 Å². The van der Waals surface area contributed by atoms with Gasteiger partial charge in [0.25, 0.3) is 0 Å². The lowest BCUT2D eigenvalue weighted by molar-refractivity contribution is 0.968.